The monoisotopic (exact) mass is 405 g/mol. The Morgan fingerprint density at radius 3 is 2.21 bits per heavy atom. The third-order valence-electron chi connectivity index (χ3n) is 5.38. The normalized spacial score (nSPS) is 19.1. The molecule has 3 amide bonds. The summed E-state index contributed by atoms with van der Waals surface area (Å²) in [5.41, 5.74) is -0.505. The topological polar surface area (TPSA) is 92.1 Å². The zero-order valence-electron chi connectivity index (χ0n) is 17.5. The lowest BCUT2D eigenvalue weighted by atomic mass is 9.94. The Kier molecular flexibility index (Phi) is 6.49. The Balaban J connectivity index is 1.39. The summed E-state index contributed by atoms with van der Waals surface area (Å²) >= 11 is 0. The molecule has 8 heteroatoms. The molecule has 8 nitrogen and oxygen atoms in total. The van der Waals surface area contributed by atoms with Crippen molar-refractivity contribution < 1.29 is 23.5 Å². The van der Waals surface area contributed by atoms with Crippen molar-refractivity contribution >= 4 is 17.9 Å². The summed E-state index contributed by atoms with van der Waals surface area (Å²) in [6.45, 7) is 7.82. The Hall–Kier alpha value is -2.51. The van der Waals surface area contributed by atoms with Crippen molar-refractivity contribution in [3.63, 3.8) is 0 Å². The molecule has 0 bridgehead atoms. The molecule has 3 rings (SSSR count). The first-order valence-electron chi connectivity index (χ1n) is 10.3. The van der Waals surface area contributed by atoms with Gasteiger partial charge in [-0.2, -0.15) is 0 Å². The SMILES string of the molecule is CC(C)(C)OC(=O)N1CCC(NC(=O)C2CCN(C(=O)c3ccco3)CC2)CC1. The highest BCUT2D eigenvalue weighted by molar-refractivity contribution is 5.91. The van der Waals surface area contributed by atoms with E-state index in [0.29, 0.717) is 44.8 Å². The molecule has 0 radical (unpaired) electrons. The molecule has 0 atom stereocenters. The zero-order valence-corrected chi connectivity index (χ0v) is 17.5. The minimum atomic E-state index is -0.505. The van der Waals surface area contributed by atoms with Crippen LogP contribution in [0.3, 0.4) is 0 Å². The molecular formula is C21H31N3O5. The first kappa shape index (κ1) is 21.2. The number of nitrogens with zero attached hydrogens (tertiary/aromatic N) is 2. The number of ether oxygens (including phenoxy) is 1. The number of amides is 3. The molecule has 1 aromatic rings. The van der Waals surface area contributed by atoms with Crippen molar-refractivity contribution in [1.29, 1.82) is 0 Å². The van der Waals surface area contributed by atoms with Crippen LogP contribution in [0.1, 0.15) is 57.0 Å². The number of furan rings is 1. The molecule has 0 unspecified atom stereocenters. The van der Waals surface area contributed by atoms with Crippen LogP contribution in [-0.4, -0.2) is 65.5 Å². The lowest BCUT2D eigenvalue weighted by Crippen LogP contribution is -2.50. The summed E-state index contributed by atoms with van der Waals surface area (Å²) in [7, 11) is 0. The maximum atomic E-state index is 12.6. The summed E-state index contributed by atoms with van der Waals surface area (Å²) in [5.74, 6) is 0.179. The largest absolute Gasteiger partial charge is 0.459 e. The van der Waals surface area contributed by atoms with Gasteiger partial charge in [-0.3, -0.25) is 9.59 Å². The molecule has 0 saturated carbocycles. The fourth-order valence-corrected chi connectivity index (χ4v) is 3.75. The van der Waals surface area contributed by atoms with Crippen LogP contribution >= 0.6 is 0 Å². The van der Waals surface area contributed by atoms with E-state index < -0.39 is 5.60 Å². The highest BCUT2D eigenvalue weighted by Gasteiger charge is 2.31. The van der Waals surface area contributed by atoms with Crippen LogP contribution in [0.25, 0.3) is 0 Å². The average molecular weight is 405 g/mol. The standard InChI is InChI=1S/C21H31N3O5/c1-21(2,3)29-20(27)24-12-8-16(9-13-24)22-18(25)15-6-10-23(11-7-15)19(26)17-5-4-14-28-17/h4-5,14-16H,6-13H2,1-3H3,(H,22,25). The number of carbonyl (C=O) groups is 3. The van der Waals surface area contributed by atoms with Crippen LogP contribution in [0.2, 0.25) is 0 Å². The van der Waals surface area contributed by atoms with E-state index in [9.17, 15) is 14.4 Å². The average Bonchev–Trinajstić information content (AvgIpc) is 3.21. The van der Waals surface area contributed by atoms with Gasteiger partial charge in [-0.05, 0) is 58.6 Å². The van der Waals surface area contributed by atoms with Crippen molar-refractivity contribution in [1.82, 2.24) is 15.1 Å². The lowest BCUT2D eigenvalue weighted by Gasteiger charge is -2.35. The first-order chi connectivity index (χ1) is 13.7. The number of hydrogen-bond acceptors (Lipinski definition) is 5. The lowest BCUT2D eigenvalue weighted by molar-refractivity contribution is -0.127. The quantitative estimate of drug-likeness (QED) is 0.835. The summed E-state index contributed by atoms with van der Waals surface area (Å²) in [6.07, 6.45) is 3.93. The number of nitrogens with one attached hydrogen (secondary N) is 1. The Labute approximate surface area is 171 Å². The maximum absolute atomic E-state index is 12.6. The summed E-state index contributed by atoms with van der Waals surface area (Å²) < 4.78 is 10.6. The minimum Gasteiger partial charge on any atom is -0.459 e. The van der Waals surface area contributed by atoms with Gasteiger partial charge < -0.3 is 24.3 Å². The minimum absolute atomic E-state index is 0.0471. The van der Waals surface area contributed by atoms with E-state index >= 15 is 0 Å². The van der Waals surface area contributed by atoms with Gasteiger partial charge in [0.05, 0.1) is 6.26 Å². The predicted octanol–water partition coefficient (Wildman–Crippen LogP) is 2.65. The van der Waals surface area contributed by atoms with E-state index in [1.165, 1.54) is 6.26 Å². The predicted molar refractivity (Wildman–Crippen MR) is 106 cm³/mol. The molecular weight excluding hydrogens is 374 g/mol. The van der Waals surface area contributed by atoms with Crippen molar-refractivity contribution in [3.05, 3.63) is 24.2 Å². The molecule has 2 fully saturated rings. The molecule has 3 heterocycles. The highest BCUT2D eigenvalue weighted by Crippen LogP contribution is 2.21. The number of likely N-dealkylation sites (tertiary alicyclic amines) is 2. The van der Waals surface area contributed by atoms with E-state index in [1.807, 2.05) is 20.8 Å². The van der Waals surface area contributed by atoms with E-state index in [4.69, 9.17) is 9.15 Å². The molecule has 1 aromatic heterocycles. The van der Waals surface area contributed by atoms with E-state index in [0.717, 1.165) is 12.8 Å². The second kappa shape index (κ2) is 8.88. The van der Waals surface area contributed by atoms with Crippen LogP contribution in [0.5, 0.6) is 0 Å². The number of rotatable bonds is 3. The summed E-state index contributed by atoms with van der Waals surface area (Å²) in [5, 5.41) is 3.13. The van der Waals surface area contributed by atoms with Gasteiger partial charge in [0.25, 0.3) is 5.91 Å². The van der Waals surface area contributed by atoms with Gasteiger partial charge in [0.15, 0.2) is 5.76 Å². The third-order valence-corrected chi connectivity index (χ3v) is 5.38. The van der Waals surface area contributed by atoms with Crippen molar-refractivity contribution in [3.8, 4) is 0 Å². The van der Waals surface area contributed by atoms with Crippen molar-refractivity contribution in [2.45, 2.75) is 58.1 Å². The molecule has 0 spiro atoms. The maximum Gasteiger partial charge on any atom is 0.410 e. The van der Waals surface area contributed by atoms with Gasteiger partial charge in [-0.15, -0.1) is 0 Å². The first-order valence-corrected chi connectivity index (χ1v) is 10.3. The molecule has 2 saturated heterocycles. The van der Waals surface area contributed by atoms with Crippen LogP contribution in [-0.2, 0) is 9.53 Å². The highest BCUT2D eigenvalue weighted by atomic mass is 16.6. The van der Waals surface area contributed by atoms with Gasteiger partial charge in [-0.25, -0.2) is 4.79 Å². The van der Waals surface area contributed by atoms with Gasteiger partial charge in [0, 0.05) is 38.1 Å². The fourth-order valence-electron chi connectivity index (χ4n) is 3.75. The van der Waals surface area contributed by atoms with E-state index in [2.05, 4.69) is 5.32 Å². The smallest absolute Gasteiger partial charge is 0.410 e. The number of carbonyl (C=O) groups excluding carboxylic acids is 3. The van der Waals surface area contributed by atoms with Gasteiger partial charge in [0.1, 0.15) is 5.60 Å². The van der Waals surface area contributed by atoms with Crippen LogP contribution < -0.4 is 5.32 Å². The number of hydrogen-bond donors (Lipinski definition) is 1. The van der Waals surface area contributed by atoms with Crippen molar-refractivity contribution in [2.24, 2.45) is 5.92 Å². The van der Waals surface area contributed by atoms with E-state index in [1.54, 1.807) is 21.9 Å². The molecule has 29 heavy (non-hydrogen) atoms. The van der Waals surface area contributed by atoms with Crippen molar-refractivity contribution in [2.75, 3.05) is 26.2 Å². The molecule has 2 aliphatic rings. The van der Waals surface area contributed by atoms with Crippen LogP contribution in [0, 0.1) is 5.92 Å². The van der Waals surface area contributed by atoms with Crippen LogP contribution in [0.4, 0.5) is 4.79 Å². The zero-order chi connectivity index (χ0) is 21.0. The Bertz CT molecular complexity index is 709. The summed E-state index contributed by atoms with van der Waals surface area (Å²) in [6, 6.07) is 3.43. The fraction of sp³-hybridized carbons (Fsp3) is 0.667. The third kappa shape index (κ3) is 5.74. The Morgan fingerprint density at radius 1 is 1.03 bits per heavy atom. The Morgan fingerprint density at radius 2 is 1.66 bits per heavy atom. The molecule has 0 aliphatic carbocycles. The van der Waals surface area contributed by atoms with Gasteiger partial charge in [-0.1, -0.05) is 0 Å². The molecule has 1 N–H and O–H groups in total. The second-order valence-corrected chi connectivity index (χ2v) is 8.79. The van der Waals surface area contributed by atoms with Gasteiger partial charge in [0.2, 0.25) is 5.91 Å². The molecule has 160 valence electrons. The van der Waals surface area contributed by atoms with E-state index in [-0.39, 0.29) is 29.9 Å². The molecule has 0 aromatic carbocycles. The van der Waals surface area contributed by atoms with Crippen LogP contribution in [0.15, 0.2) is 22.8 Å². The summed E-state index contributed by atoms with van der Waals surface area (Å²) in [4.78, 5) is 40.5. The second-order valence-electron chi connectivity index (χ2n) is 8.79. The number of piperidine rings is 2. The molecule has 2 aliphatic heterocycles. The van der Waals surface area contributed by atoms with Gasteiger partial charge >= 0.3 is 6.09 Å².